The summed E-state index contributed by atoms with van der Waals surface area (Å²) in [5, 5.41) is 8.70. The number of rotatable bonds is 8. The Morgan fingerprint density at radius 2 is 1.83 bits per heavy atom. The topological polar surface area (TPSA) is 73.8 Å². The lowest BCUT2D eigenvalue weighted by Gasteiger charge is -2.25. The third kappa shape index (κ3) is 6.94. The predicted octanol–water partition coefficient (Wildman–Crippen LogP) is 3.65. The average Bonchev–Trinajstić information content (AvgIpc) is 3.20. The molecular formula is C20H31IN4O2S2. The van der Waals surface area contributed by atoms with Crippen molar-refractivity contribution in [3.05, 3.63) is 52.2 Å². The Kier molecular flexibility index (Phi) is 10.1. The van der Waals surface area contributed by atoms with Crippen LogP contribution in [0.25, 0.3) is 0 Å². The van der Waals surface area contributed by atoms with Crippen molar-refractivity contribution in [3.8, 4) is 0 Å². The van der Waals surface area contributed by atoms with E-state index in [2.05, 4.69) is 47.0 Å². The normalized spacial score (nSPS) is 12.6. The Morgan fingerprint density at radius 1 is 1.14 bits per heavy atom. The zero-order valence-electron chi connectivity index (χ0n) is 17.6. The number of nitrogens with zero attached hydrogens (tertiary/aromatic N) is 2. The molecule has 1 aromatic carbocycles. The second-order valence-electron chi connectivity index (χ2n) is 7.31. The molecule has 0 aliphatic heterocycles. The van der Waals surface area contributed by atoms with Gasteiger partial charge in [-0.2, -0.15) is 0 Å². The van der Waals surface area contributed by atoms with Crippen LogP contribution >= 0.6 is 35.3 Å². The highest BCUT2D eigenvalue weighted by Gasteiger charge is 2.23. The van der Waals surface area contributed by atoms with Crippen LogP contribution in [-0.2, 0) is 22.0 Å². The number of nitrogens with one attached hydrogen (secondary N) is 2. The van der Waals surface area contributed by atoms with Gasteiger partial charge in [0.15, 0.2) is 5.96 Å². The van der Waals surface area contributed by atoms with E-state index in [1.165, 1.54) is 23.3 Å². The van der Waals surface area contributed by atoms with Gasteiger partial charge in [-0.15, -0.1) is 35.3 Å². The standard InChI is InChI=1S/C20H30N4O2S2.HI/c1-6-21-19(23-15-20(2,3)18-12-9-13-27-18)22-14-16-10-7-8-11-17(16)28(25,26)24(4)5;/h7-13H,6,14-15H2,1-5H3,(H2,21,22,23);1H. The number of hydrogen-bond donors (Lipinski definition) is 2. The molecule has 0 fully saturated rings. The number of halogens is 1. The molecule has 0 atom stereocenters. The van der Waals surface area contributed by atoms with Crippen molar-refractivity contribution in [1.29, 1.82) is 0 Å². The first-order valence-electron chi connectivity index (χ1n) is 9.25. The summed E-state index contributed by atoms with van der Waals surface area (Å²) in [5.41, 5.74) is 0.641. The molecule has 2 aromatic rings. The van der Waals surface area contributed by atoms with Crippen molar-refractivity contribution in [2.75, 3.05) is 27.2 Å². The second-order valence-corrected chi connectivity index (χ2v) is 10.4. The summed E-state index contributed by atoms with van der Waals surface area (Å²) in [4.78, 5) is 6.21. The molecule has 0 aliphatic rings. The van der Waals surface area contributed by atoms with Crippen LogP contribution < -0.4 is 10.6 Å². The maximum Gasteiger partial charge on any atom is 0.242 e. The molecule has 0 unspecified atom stereocenters. The smallest absolute Gasteiger partial charge is 0.242 e. The first kappa shape index (κ1) is 25.9. The maximum atomic E-state index is 12.6. The van der Waals surface area contributed by atoms with Crippen LogP contribution in [0, 0.1) is 0 Å². The fourth-order valence-corrected chi connectivity index (χ4v) is 4.60. The Labute approximate surface area is 195 Å². The third-order valence-corrected chi connectivity index (χ3v) is 7.52. The molecule has 0 radical (unpaired) electrons. The second kappa shape index (κ2) is 11.3. The van der Waals surface area contributed by atoms with E-state index < -0.39 is 10.0 Å². The summed E-state index contributed by atoms with van der Waals surface area (Å²) in [6.07, 6.45) is 0. The van der Waals surface area contributed by atoms with Crippen LogP contribution in [0.5, 0.6) is 0 Å². The van der Waals surface area contributed by atoms with Crippen LogP contribution in [0.1, 0.15) is 31.2 Å². The fraction of sp³-hybridized carbons (Fsp3) is 0.450. The lowest BCUT2D eigenvalue weighted by Crippen LogP contribution is -2.43. The summed E-state index contributed by atoms with van der Waals surface area (Å²) >= 11 is 1.74. The summed E-state index contributed by atoms with van der Waals surface area (Å²) in [6, 6.07) is 11.2. The quantitative estimate of drug-likeness (QED) is 0.299. The van der Waals surface area contributed by atoms with Crippen molar-refractivity contribution < 1.29 is 8.42 Å². The largest absolute Gasteiger partial charge is 0.357 e. The van der Waals surface area contributed by atoms with Crippen molar-refractivity contribution in [2.24, 2.45) is 4.99 Å². The number of hydrogen-bond acceptors (Lipinski definition) is 4. The van der Waals surface area contributed by atoms with Gasteiger partial charge in [0, 0.05) is 37.5 Å². The highest BCUT2D eigenvalue weighted by molar-refractivity contribution is 14.0. The molecule has 1 aromatic heterocycles. The van der Waals surface area contributed by atoms with Gasteiger partial charge >= 0.3 is 0 Å². The maximum absolute atomic E-state index is 12.6. The molecule has 2 N–H and O–H groups in total. The van der Waals surface area contributed by atoms with E-state index in [0.29, 0.717) is 16.4 Å². The molecule has 0 aliphatic carbocycles. The SMILES string of the molecule is CCNC(=NCc1ccccc1S(=O)(=O)N(C)C)NCC(C)(C)c1cccs1.I. The Hall–Kier alpha value is -1.17. The minimum absolute atomic E-state index is 0. The number of guanidine groups is 1. The van der Waals surface area contributed by atoms with E-state index in [0.717, 1.165) is 13.1 Å². The van der Waals surface area contributed by atoms with Crippen LogP contribution in [0.2, 0.25) is 0 Å². The highest BCUT2D eigenvalue weighted by Crippen LogP contribution is 2.26. The minimum Gasteiger partial charge on any atom is -0.357 e. The predicted molar refractivity (Wildman–Crippen MR) is 133 cm³/mol. The number of aliphatic imine (C=N–C) groups is 1. The van der Waals surface area contributed by atoms with Gasteiger partial charge in [0.1, 0.15) is 0 Å². The number of sulfonamides is 1. The Balaban J connectivity index is 0.00000420. The number of benzene rings is 1. The molecule has 6 nitrogen and oxygen atoms in total. The summed E-state index contributed by atoms with van der Waals surface area (Å²) in [5.74, 6) is 0.671. The zero-order chi connectivity index (χ0) is 20.8. The third-order valence-electron chi connectivity index (χ3n) is 4.37. The summed E-state index contributed by atoms with van der Waals surface area (Å²) < 4.78 is 26.3. The van der Waals surface area contributed by atoms with Crippen LogP contribution in [-0.4, -0.2) is 45.9 Å². The van der Waals surface area contributed by atoms with Crippen molar-refractivity contribution in [3.63, 3.8) is 0 Å². The van der Waals surface area contributed by atoms with E-state index in [1.54, 1.807) is 29.5 Å². The van der Waals surface area contributed by atoms with Gasteiger partial charge in [-0.1, -0.05) is 38.1 Å². The van der Waals surface area contributed by atoms with Crippen molar-refractivity contribution in [1.82, 2.24) is 14.9 Å². The van der Waals surface area contributed by atoms with E-state index in [4.69, 9.17) is 0 Å². The monoisotopic (exact) mass is 550 g/mol. The van der Waals surface area contributed by atoms with Gasteiger partial charge < -0.3 is 10.6 Å². The van der Waals surface area contributed by atoms with Gasteiger partial charge in [0.2, 0.25) is 10.0 Å². The molecule has 29 heavy (non-hydrogen) atoms. The van der Waals surface area contributed by atoms with E-state index >= 15 is 0 Å². The number of thiophene rings is 1. The summed E-state index contributed by atoms with van der Waals surface area (Å²) in [7, 11) is -0.437. The molecule has 2 rings (SSSR count). The fourth-order valence-electron chi connectivity index (χ4n) is 2.64. The highest BCUT2D eigenvalue weighted by atomic mass is 127. The van der Waals surface area contributed by atoms with Gasteiger partial charge in [-0.25, -0.2) is 17.7 Å². The van der Waals surface area contributed by atoms with Crippen molar-refractivity contribution in [2.45, 2.75) is 37.6 Å². The zero-order valence-corrected chi connectivity index (χ0v) is 21.6. The van der Waals surface area contributed by atoms with E-state index in [1.807, 2.05) is 13.0 Å². The molecular weight excluding hydrogens is 519 g/mol. The summed E-state index contributed by atoms with van der Waals surface area (Å²) in [6.45, 7) is 8.10. The Bertz CT molecular complexity index is 895. The molecule has 0 saturated heterocycles. The average molecular weight is 551 g/mol. The molecule has 0 amide bonds. The first-order chi connectivity index (χ1) is 13.2. The van der Waals surface area contributed by atoms with Gasteiger partial charge in [0.25, 0.3) is 0 Å². The van der Waals surface area contributed by atoms with Crippen LogP contribution in [0.15, 0.2) is 51.7 Å². The molecule has 1 heterocycles. The van der Waals surface area contributed by atoms with Gasteiger partial charge in [-0.3, -0.25) is 0 Å². The van der Waals surface area contributed by atoms with Gasteiger partial charge in [0.05, 0.1) is 11.4 Å². The molecule has 0 saturated carbocycles. The molecule has 0 bridgehead atoms. The van der Waals surface area contributed by atoms with Gasteiger partial charge in [-0.05, 0) is 30.0 Å². The first-order valence-corrected chi connectivity index (χ1v) is 11.6. The minimum atomic E-state index is -3.51. The van der Waals surface area contributed by atoms with Crippen molar-refractivity contribution >= 4 is 51.3 Å². The lowest BCUT2D eigenvalue weighted by atomic mass is 9.91. The van der Waals surface area contributed by atoms with E-state index in [9.17, 15) is 8.42 Å². The van der Waals surface area contributed by atoms with Crippen LogP contribution in [0.4, 0.5) is 0 Å². The molecule has 0 spiro atoms. The molecule has 9 heteroatoms. The van der Waals surface area contributed by atoms with Crippen LogP contribution in [0.3, 0.4) is 0 Å². The van der Waals surface area contributed by atoms with E-state index in [-0.39, 0.29) is 35.9 Å². The molecule has 162 valence electrons. The lowest BCUT2D eigenvalue weighted by molar-refractivity contribution is 0.518. The Morgan fingerprint density at radius 3 is 2.41 bits per heavy atom.